The van der Waals surface area contributed by atoms with E-state index in [0.29, 0.717) is 5.69 Å². The summed E-state index contributed by atoms with van der Waals surface area (Å²) >= 11 is 4.65. The summed E-state index contributed by atoms with van der Waals surface area (Å²) in [6.45, 7) is 1.91. The Hall–Kier alpha value is -0.820. The maximum absolute atomic E-state index is 13.2. The average Bonchev–Trinajstić information content (AvgIpc) is 2.23. The molecule has 1 aromatic rings. The lowest BCUT2D eigenvalue weighted by Crippen LogP contribution is -2.18. The molecule has 0 aliphatic carbocycles. The minimum absolute atomic E-state index is 0.0704. The maximum atomic E-state index is 13.2. The first-order chi connectivity index (χ1) is 7.95. The van der Waals surface area contributed by atoms with Crippen LogP contribution in [0.1, 0.15) is 6.92 Å². The van der Waals surface area contributed by atoms with E-state index in [1.54, 1.807) is 11.8 Å². The summed E-state index contributed by atoms with van der Waals surface area (Å²) < 4.78 is 13.4. The molecule has 1 aromatic carbocycles. The van der Waals surface area contributed by atoms with Crippen LogP contribution in [0.3, 0.4) is 0 Å². The number of nitrogens with zero attached hydrogens (tertiary/aromatic N) is 1. The van der Waals surface area contributed by atoms with E-state index in [1.165, 1.54) is 6.07 Å². The first kappa shape index (κ1) is 14.2. The van der Waals surface area contributed by atoms with Gasteiger partial charge in [0.15, 0.2) is 0 Å². The van der Waals surface area contributed by atoms with Crippen molar-refractivity contribution in [2.24, 2.45) is 0 Å². The fourth-order valence-electron chi connectivity index (χ4n) is 1.36. The molecule has 0 saturated heterocycles. The van der Waals surface area contributed by atoms with Crippen molar-refractivity contribution < 1.29 is 9.31 Å². The second-order valence-electron chi connectivity index (χ2n) is 3.54. The van der Waals surface area contributed by atoms with Gasteiger partial charge in [0, 0.05) is 11.8 Å². The Morgan fingerprint density at radius 1 is 1.65 bits per heavy atom. The van der Waals surface area contributed by atoms with Gasteiger partial charge in [0.2, 0.25) is 0 Å². The molecular weight excluding hydrogens is 311 g/mol. The van der Waals surface area contributed by atoms with Gasteiger partial charge in [-0.3, -0.25) is 10.1 Å². The van der Waals surface area contributed by atoms with Crippen LogP contribution in [0.4, 0.5) is 15.8 Å². The van der Waals surface area contributed by atoms with Crippen LogP contribution in [0.15, 0.2) is 16.6 Å². The smallest absolute Gasteiger partial charge is 0.295 e. The zero-order valence-electron chi connectivity index (χ0n) is 9.37. The van der Waals surface area contributed by atoms with E-state index >= 15 is 0 Å². The standard InChI is InChI=1S/C10H12BrFN2O2S/c1-6(5-17-2)13-9-3-7(11)8(12)4-10(9)14(15)16/h3-4,6,13H,5H2,1-2H3. The summed E-state index contributed by atoms with van der Waals surface area (Å²) in [5.41, 5.74) is 0.0727. The first-order valence-electron chi connectivity index (χ1n) is 4.84. The Balaban J connectivity index is 3.04. The lowest BCUT2D eigenvalue weighted by molar-refractivity contribution is -0.384. The highest BCUT2D eigenvalue weighted by Gasteiger charge is 2.18. The van der Waals surface area contributed by atoms with Crippen molar-refractivity contribution in [2.45, 2.75) is 13.0 Å². The maximum Gasteiger partial charge on any atom is 0.295 e. The second-order valence-corrected chi connectivity index (χ2v) is 5.31. The van der Waals surface area contributed by atoms with Gasteiger partial charge in [0.05, 0.1) is 15.5 Å². The SMILES string of the molecule is CSCC(C)Nc1cc(Br)c(F)cc1[N+](=O)[O-]. The predicted molar refractivity (Wildman–Crippen MR) is 72.2 cm³/mol. The van der Waals surface area contributed by atoms with Crippen LogP contribution in [0, 0.1) is 15.9 Å². The molecule has 0 aliphatic heterocycles. The summed E-state index contributed by atoms with van der Waals surface area (Å²) in [6.07, 6.45) is 1.95. The molecule has 4 nitrogen and oxygen atoms in total. The molecule has 1 unspecified atom stereocenters. The molecule has 0 aromatic heterocycles. The third kappa shape index (κ3) is 3.85. The Morgan fingerprint density at radius 3 is 2.82 bits per heavy atom. The Bertz CT molecular complexity index is 431. The fourth-order valence-corrected chi connectivity index (χ4v) is 2.29. The van der Waals surface area contributed by atoms with E-state index in [1.807, 2.05) is 13.2 Å². The van der Waals surface area contributed by atoms with Crippen LogP contribution in [-0.4, -0.2) is 23.0 Å². The molecule has 0 spiro atoms. The second kappa shape index (κ2) is 6.20. The predicted octanol–water partition coefficient (Wildman–Crippen LogP) is 3.66. The molecule has 0 saturated carbocycles. The molecule has 7 heteroatoms. The van der Waals surface area contributed by atoms with Crippen LogP contribution in [0.25, 0.3) is 0 Å². The molecule has 94 valence electrons. The lowest BCUT2D eigenvalue weighted by atomic mass is 10.2. The molecule has 0 radical (unpaired) electrons. The largest absolute Gasteiger partial charge is 0.376 e. The number of halogens is 2. The van der Waals surface area contributed by atoms with Crippen LogP contribution in [-0.2, 0) is 0 Å². The summed E-state index contributed by atoms with van der Waals surface area (Å²) in [5.74, 6) is 0.173. The van der Waals surface area contributed by atoms with Crippen molar-refractivity contribution in [3.8, 4) is 0 Å². The van der Waals surface area contributed by atoms with Crippen LogP contribution < -0.4 is 5.32 Å². The van der Waals surface area contributed by atoms with E-state index in [-0.39, 0.29) is 16.2 Å². The van der Waals surface area contributed by atoms with Gasteiger partial charge in [-0.05, 0) is 35.2 Å². The molecule has 1 atom stereocenters. The molecule has 1 N–H and O–H groups in total. The number of nitro benzene ring substituents is 1. The number of benzene rings is 1. The van der Waals surface area contributed by atoms with Gasteiger partial charge in [-0.15, -0.1) is 0 Å². The average molecular weight is 323 g/mol. The van der Waals surface area contributed by atoms with Crippen molar-refractivity contribution in [1.29, 1.82) is 0 Å². The third-order valence-electron chi connectivity index (χ3n) is 2.05. The van der Waals surface area contributed by atoms with Crippen molar-refractivity contribution in [3.63, 3.8) is 0 Å². The minimum atomic E-state index is -0.639. The van der Waals surface area contributed by atoms with E-state index in [2.05, 4.69) is 21.2 Å². The van der Waals surface area contributed by atoms with Crippen molar-refractivity contribution >= 4 is 39.1 Å². The topological polar surface area (TPSA) is 55.2 Å². The summed E-state index contributed by atoms with van der Waals surface area (Å²) in [7, 11) is 0. The van der Waals surface area contributed by atoms with E-state index < -0.39 is 10.7 Å². The minimum Gasteiger partial charge on any atom is -0.376 e. The summed E-state index contributed by atoms with van der Waals surface area (Å²) in [5, 5.41) is 13.8. The van der Waals surface area contributed by atoms with Gasteiger partial charge in [-0.1, -0.05) is 0 Å². The molecular formula is C10H12BrFN2O2S. The van der Waals surface area contributed by atoms with Gasteiger partial charge < -0.3 is 5.32 Å². The highest BCUT2D eigenvalue weighted by Crippen LogP contribution is 2.31. The van der Waals surface area contributed by atoms with E-state index in [0.717, 1.165) is 11.8 Å². The normalized spacial score (nSPS) is 12.2. The van der Waals surface area contributed by atoms with Gasteiger partial charge in [-0.25, -0.2) is 4.39 Å². The Labute approximate surface area is 111 Å². The fraction of sp³-hybridized carbons (Fsp3) is 0.400. The zero-order chi connectivity index (χ0) is 13.0. The quantitative estimate of drug-likeness (QED) is 0.664. The zero-order valence-corrected chi connectivity index (χ0v) is 11.8. The monoisotopic (exact) mass is 322 g/mol. The van der Waals surface area contributed by atoms with E-state index in [4.69, 9.17) is 0 Å². The van der Waals surface area contributed by atoms with E-state index in [9.17, 15) is 14.5 Å². The molecule has 1 rings (SSSR count). The van der Waals surface area contributed by atoms with Gasteiger partial charge in [-0.2, -0.15) is 11.8 Å². The van der Waals surface area contributed by atoms with Crippen molar-refractivity contribution in [2.75, 3.05) is 17.3 Å². The highest BCUT2D eigenvalue weighted by molar-refractivity contribution is 9.10. The van der Waals surface area contributed by atoms with Crippen LogP contribution in [0.5, 0.6) is 0 Å². The van der Waals surface area contributed by atoms with Crippen LogP contribution in [0.2, 0.25) is 0 Å². The molecule has 17 heavy (non-hydrogen) atoms. The van der Waals surface area contributed by atoms with Crippen molar-refractivity contribution in [1.82, 2.24) is 0 Å². The Morgan fingerprint density at radius 2 is 2.29 bits per heavy atom. The van der Waals surface area contributed by atoms with Gasteiger partial charge in [0.1, 0.15) is 11.5 Å². The molecule has 0 aliphatic rings. The van der Waals surface area contributed by atoms with Gasteiger partial charge >= 0.3 is 0 Å². The number of anilines is 1. The molecule has 0 bridgehead atoms. The lowest BCUT2D eigenvalue weighted by Gasteiger charge is -2.14. The molecule has 0 heterocycles. The first-order valence-corrected chi connectivity index (χ1v) is 7.03. The summed E-state index contributed by atoms with van der Waals surface area (Å²) in [6, 6.07) is 2.38. The summed E-state index contributed by atoms with van der Waals surface area (Å²) in [4.78, 5) is 10.2. The Kier molecular flexibility index (Phi) is 5.20. The third-order valence-corrected chi connectivity index (χ3v) is 3.49. The number of hydrogen-bond donors (Lipinski definition) is 1. The number of thioether (sulfide) groups is 1. The number of nitrogens with one attached hydrogen (secondary N) is 1. The number of hydrogen-bond acceptors (Lipinski definition) is 4. The number of nitro groups is 1. The number of rotatable bonds is 5. The van der Waals surface area contributed by atoms with Gasteiger partial charge in [0.25, 0.3) is 5.69 Å². The highest BCUT2D eigenvalue weighted by atomic mass is 79.9. The molecule has 0 amide bonds. The van der Waals surface area contributed by atoms with Crippen molar-refractivity contribution in [3.05, 3.63) is 32.5 Å². The van der Waals surface area contributed by atoms with Crippen LogP contribution >= 0.6 is 27.7 Å². The molecule has 0 fully saturated rings.